The Morgan fingerprint density at radius 2 is 1.76 bits per heavy atom. The zero-order valence-corrected chi connectivity index (χ0v) is 20.5. The van der Waals surface area contributed by atoms with E-state index in [1.54, 1.807) is 6.08 Å². The van der Waals surface area contributed by atoms with Gasteiger partial charge in [-0.3, -0.25) is 4.79 Å². The van der Waals surface area contributed by atoms with E-state index in [1.165, 1.54) is 11.1 Å². The molecule has 1 N–H and O–H groups in total. The van der Waals surface area contributed by atoms with Crippen molar-refractivity contribution in [1.29, 1.82) is 0 Å². The second-order valence-corrected chi connectivity index (χ2v) is 10.0. The minimum absolute atomic E-state index is 0.0528. The number of hydrogen-bond acceptors (Lipinski definition) is 3. The largest absolute Gasteiger partial charge is 0.506 e. The minimum Gasteiger partial charge on any atom is -0.506 e. The van der Waals surface area contributed by atoms with Crippen molar-refractivity contribution in [1.82, 2.24) is 0 Å². The van der Waals surface area contributed by atoms with Gasteiger partial charge in [0.25, 0.3) is 0 Å². The number of aliphatic hydroxyl groups is 1. The number of likely N-dealkylation sites (N-methyl/N-ethyl adjacent to an activating group) is 1. The van der Waals surface area contributed by atoms with Gasteiger partial charge in [-0.25, -0.2) is 0 Å². The summed E-state index contributed by atoms with van der Waals surface area (Å²) in [5, 5.41) is 10.9. The third-order valence-corrected chi connectivity index (χ3v) is 7.34. The number of para-hydroxylation sites is 1. The number of rotatable bonds is 5. The predicted molar refractivity (Wildman–Crippen MR) is 137 cm³/mol. The molecule has 0 spiro atoms. The van der Waals surface area contributed by atoms with E-state index in [-0.39, 0.29) is 22.4 Å². The van der Waals surface area contributed by atoms with Gasteiger partial charge in [0, 0.05) is 28.8 Å². The zero-order chi connectivity index (χ0) is 24.1. The molecule has 1 aliphatic carbocycles. The second-order valence-electron chi connectivity index (χ2n) is 10.0. The summed E-state index contributed by atoms with van der Waals surface area (Å²) >= 11 is 0. The molecule has 33 heavy (non-hydrogen) atoms. The Morgan fingerprint density at radius 1 is 1.12 bits per heavy atom. The number of Topliss-reactive ketones (excluding diaryl/α,β-unsaturated/α-hetero) is 1. The van der Waals surface area contributed by atoms with Gasteiger partial charge in [0.15, 0.2) is 0 Å². The number of hydrogen-bond donors (Lipinski definition) is 1. The SMILES string of the molecule is C=C(/C=C1/C(=O)C(/C=C2/N(CC)c3ccccc3C2(C)C)=C1O)C(C)(C)c1ccccc1C. The minimum atomic E-state index is -0.360. The lowest BCUT2D eigenvalue weighted by Gasteiger charge is -2.30. The van der Waals surface area contributed by atoms with E-state index in [1.807, 2.05) is 30.3 Å². The van der Waals surface area contributed by atoms with Crippen LogP contribution < -0.4 is 4.90 Å². The quantitative estimate of drug-likeness (QED) is 0.518. The molecule has 2 aliphatic rings. The zero-order valence-electron chi connectivity index (χ0n) is 20.5. The van der Waals surface area contributed by atoms with Crippen molar-refractivity contribution < 1.29 is 9.90 Å². The highest BCUT2D eigenvalue weighted by Gasteiger charge is 2.42. The fourth-order valence-corrected chi connectivity index (χ4v) is 5.09. The van der Waals surface area contributed by atoms with Gasteiger partial charge in [-0.05, 0) is 54.3 Å². The third-order valence-electron chi connectivity index (χ3n) is 7.34. The first-order valence-corrected chi connectivity index (χ1v) is 11.6. The summed E-state index contributed by atoms with van der Waals surface area (Å²) in [6, 6.07) is 16.5. The van der Waals surface area contributed by atoms with Crippen LogP contribution in [0, 0.1) is 6.92 Å². The Bertz CT molecular complexity index is 1250. The summed E-state index contributed by atoms with van der Waals surface area (Å²) in [4.78, 5) is 15.3. The fourth-order valence-electron chi connectivity index (χ4n) is 5.09. The maximum absolute atomic E-state index is 13.1. The van der Waals surface area contributed by atoms with Crippen molar-refractivity contribution in [3.8, 4) is 0 Å². The molecule has 0 saturated heterocycles. The second kappa shape index (κ2) is 7.91. The Balaban J connectivity index is 1.69. The van der Waals surface area contributed by atoms with E-state index in [2.05, 4.69) is 77.3 Å². The van der Waals surface area contributed by atoms with Gasteiger partial charge < -0.3 is 10.0 Å². The Morgan fingerprint density at radius 3 is 2.39 bits per heavy atom. The molecule has 0 bridgehead atoms. The van der Waals surface area contributed by atoms with Crippen LogP contribution in [-0.2, 0) is 15.6 Å². The molecule has 1 aliphatic heterocycles. The van der Waals surface area contributed by atoms with E-state index in [0.717, 1.165) is 29.1 Å². The highest BCUT2D eigenvalue weighted by Crippen LogP contribution is 2.48. The van der Waals surface area contributed by atoms with Gasteiger partial charge in [-0.2, -0.15) is 0 Å². The molecule has 0 saturated carbocycles. The number of carbonyl (C=O) groups is 1. The van der Waals surface area contributed by atoms with E-state index in [9.17, 15) is 9.90 Å². The molecule has 0 atom stereocenters. The Labute approximate surface area is 197 Å². The molecule has 170 valence electrons. The molecule has 2 aromatic carbocycles. The molecular weight excluding hydrogens is 406 g/mol. The molecule has 0 unspecified atom stereocenters. The van der Waals surface area contributed by atoms with Crippen molar-refractivity contribution in [2.75, 3.05) is 11.4 Å². The normalized spacial score (nSPS) is 19.8. The average molecular weight is 440 g/mol. The topological polar surface area (TPSA) is 40.5 Å². The molecular formula is C30H33NO2. The number of carbonyl (C=O) groups excluding carboxylic acids is 1. The average Bonchev–Trinajstić information content (AvgIpc) is 3.01. The number of aliphatic hydroxyl groups excluding tert-OH is 1. The van der Waals surface area contributed by atoms with Crippen molar-refractivity contribution in [3.63, 3.8) is 0 Å². The lowest BCUT2D eigenvalue weighted by molar-refractivity contribution is -0.113. The monoisotopic (exact) mass is 439 g/mol. The van der Waals surface area contributed by atoms with E-state index >= 15 is 0 Å². The van der Waals surface area contributed by atoms with Crippen molar-refractivity contribution in [2.24, 2.45) is 0 Å². The van der Waals surface area contributed by atoms with Gasteiger partial charge in [0.2, 0.25) is 5.78 Å². The molecule has 0 amide bonds. The summed E-state index contributed by atoms with van der Waals surface area (Å²) in [5.74, 6) is -0.0819. The van der Waals surface area contributed by atoms with E-state index < -0.39 is 0 Å². The Kier molecular flexibility index (Phi) is 5.48. The molecule has 3 heteroatoms. The summed E-state index contributed by atoms with van der Waals surface area (Å²) in [7, 11) is 0. The molecule has 0 aromatic heterocycles. The Hall–Kier alpha value is -3.33. The van der Waals surface area contributed by atoms with Crippen LogP contribution in [0.4, 0.5) is 5.69 Å². The molecule has 0 fully saturated rings. The molecule has 1 heterocycles. The maximum Gasteiger partial charge on any atom is 0.200 e. The summed E-state index contributed by atoms with van der Waals surface area (Å²) < 4.78 is 0. The summed E-state index contributed by atoms with van der Waals surface area (Å²) in [5.41, 5.74) is 6.64. The standard InChI is InChI=1S/C30H33NO2/c1-8-31-25-16-12-11-15-24(25)30(6,7)26(31)18-22-27(32)21(28(22)33)17-20(3)29(4,5)23-14-10-9-13-19(23)2/h9-18,32H,3,8H2,1-2,4-7H3/b21-17+,26-18+. The van der Waals surface area contributed by atoms with Crippen LogP contribution >= 0.6 is 0 Å². The summed E-state index contributed by atoms with van der Waals surface area (Å²) in [6.07, 6.45) is 3.62. The molecule has 2 aromatic rings. The molecule has 4 rings (SSSR count). The first-order valence-electron chi connectivity index (χ1n) is 11.6. The van der Waals surface area contributed by atoms with Gasteiger partial charge in [-0.1, -0.05) is 76.7 Å². The van der Waals surface area contributed by atoms with Crippen LogP contribution in [0.1, 0.15) is 51.3 Å². The van der Waals surface area contributed by atoms with Crippen molar-refractivity contribution >= 4 is 11.5 Å². The van der Waals surface area contributed by atoms with E-state index in [0.29, 0.717) is 11.1 Å². The number of allylic oxidation sites excluding steroid dienone is 6. The van der Waals surface area contributed by atoms with Gasteiger partial charge >= 0.3 is 0 Å². The lowest BCUT2D eigenvalue weighted by atomic mass is 9.74. The first-order chi connectivity index (χ1) is 15.5. The molecule has 0 radical (unpaired) electrons. The van der Waals surface area contributed by atoms with Crippen LogP contribution in [0.3, 0.4) is 0 Å². The number of ketones is 1. The van der Waals surface area contributed by atoms with Gasteiger partial charge in [-0.15, -0.1) is 0 Å². The van der Waals surface area contributed by atoms with Crippen LogP contribution in [0.5, 0.6) is 0 Å². The van der Waals surface area contributed by atoms with Gasteiger partial charge in [0.05, 0.1) is 11.1 Å². The van der Waals surface area contributed by atoms with Gasteiger partial charge in [0.1, 0.15) is 5.76 Å². The van der Waals surface area contributed by atoms with Crippen molar-refractivity contribution in [3.05, 3.63) is 112 Å². The van der Waals surface area contributed by atoms with Crippen molar-refractivity contribution in [2.45, 2.75) is 52.4 Å². The maximum atomic E-state index is 13.1. The van der Waals surface area contributed by atoms with Crippen LogP contribution in [0.25, 0.3) is 0 Å². The molecule has 3 nitrogen and oxygen atoms in total. The number of anilines is 1. The van der Waals surface area contributed by atoms with Crippen LogP contribution in [0.2, 0.25) is 0 Å². The number of fused-ring (bicyclic) bond motifs is 1. The fraction of sp³-hybridized carbons (Fsp3) is 0.300. The highest BCUT2D eigenvalue weighted by atomic mass is 16.3. The first kappa shape index (κ1) is 22.8. The van der Waals surface area contributed by atoms with Crippen LogP contribution in [-0.4, -0.2) is 17.4 Å². The predicted octanol–water partition coefficient (Wildman–Crippen LogP) is 6.85. The summed E-state index contributed by atoms with van der Waals surface area (Å²) in [6.45, 7) is 17.7. The van der Waals surface area contributed by atoms with Crippen LogP contribution in [0.15, 0.2) is 95.4 Å². The number of benzene rings is 2. The number of aryl methyl sites for hydroxylation is 1. The highest BCUT2D eigenvalue weighted by molar-refractivity contribution is 6.21. The van der Waals surface area contributed by atoms with E-state index in [4.69, 9.17) is 0 Å². The third kappa shape index (κ3) is 3.47. The number of nitrogens with zero attached hydrogens (tertiary/aromatic N) is 1. The lowest BCUT2D eigenvalue weighted by Crippen LogP contribution is -2.29. The smallest absolute Gasteiger partial charge is 0.200 e.